The van der Waals surface area contributed by atoms with Crippen molar-refractivity contribution in [2.45, 2.75) is 20.0 Å². The molecule has 25 heavy (non-hydrogen) atoms. The molecule has 0 unspecified atom stereocenters. The number of rotatable bonds is 5. The van der Waals surface area contributed by atoms with Crippen LogP contribution in [0.25, 0.3) is 0 Å². The number of amides is 1. The average molecular weight is 341 g/mol. The molecule has 1 aliphatic rings. The van der Waals surface area contributed by atoms with Crippen LogP contribution in [0, 0.1) is 0 Å². The van der Waals surface area contributed by atoms with Crippen molar-refractivity contribution < 1.29 is 14.3 Å². The summed E-state index contributed by atoms with van der Waals surface area (Å²) >= 11 is 0. The third-order valence-corrected chi connectivity index (χ3v) is 3.80. The van der Waals surface area contributed by atoms with E-state index in [4.69, 9.17) is 9.47 Å². The second-order valence-corrected chi connectivity index (χ2v) is 6.15. The second-order valence-electron chi connectivity index (χ2n) is 6.15. The average Bonchev–Trinajstić information content (AvgIpc) is 2.64. The Hall–Kier alpha value is -2.60. The van der Waals surface area contributed by atoms with E-state index in [9.17, 15) is 4.79 Å². The molecule has 2 heterocycles. The van der Waals surface area contributed by atoms with Crippen LogP contribution in [0.1, 0.15) is 24.3 Å². The van der Waals surface area contributed by atoms with Gasteiger partial charge in [-0.25, -0.2) is 4.98 Å². The number of pyridine rings is 1. The van der Waals surface area contributed by atoms with Crippen LogP contribution in [0.4, 0.5) is 11.4 Å². The maximum Gasteiger partial charge on any atom is 0.272 e. The lowest BCUT2D eigenvalue weighted by molar-refractivity contribution is 0.0299. The highest BCUT2D eigenvalue weighted by Crippen LogP contribution is 2.20. The van der Waals surface area contributed by atoms with Gasteiger partial charge in [-0.05, 0) is 50.2 Å². The number of carbonyl (C=O) groups is 1. The molecule has 3 rings (SSSR count). The molecule has 0 spiro atoms. The maximum absolute atomic E-state index is 12.4. The molecule has 1 fully saturated rings. The first-order valence-corrected chi connectivity index (χ1v) is 8.48. The molecule has 132 valence electrons. The number of nitrogens with zero attached hydrogens (tertiary/aromatic N) is 2. The summed E-state index contributed by atoms with van der Waals surface area (Å²) in [5.41, 5.74) is 2.22. The number of benzene rings is 1. The minimum absolute atomic E-state index is 0.0509. The molecular formula is C19H23N3O3. The lowest BCUT2D eigenvalue weighted by atomic mass is 10.2. The first kappa shape index (κ1) is 17.2. The Morgan fingerprint density at radius 1 is 1.12 bits per heavy atom. The summed E-state index contributed by atoms with van der Waals surface area (Å²) in [7, 11) is 0. The van der Waals surface area contributed by atoms with Gasteiger partial charge in [0.2, 0.25) is 0 Å². The molecule has 0 saturated carbocycles. The number of ether oxygens (including phenoxy) is 2. The molecule has 0 radical (unpaired) electrons. The van der Waals surface area contributed by atoms with Crippen LogP contribution in [-0.4, -0.2) is 48.2 Å². The Kier molecular flexibility index (Phi) is 5.50. The first-order valence-electron chi connectivity index (χ1n) is 8.48. The highest BCUT2D eigenvalue weighted by Gasteiger charge is 2.19. The molecule has 0 aliphatic carbocycles. The van der Waals surface area contributed by atoms with Gasteiger partial charge >= 0.3 is 0 Å². The molecule has 2 aromatic rings. The zero-order chi connectivity index (χ0) is 17.6. The Bertz CT molecular complexity index is 693. The molecule has 6 heteroatoms. The van der Waals surface area contributed by atoms with Gasteiger partial charge in [0.1, 0.15) is 11.4 Å². The van der Waals surface area contributed by atoms with Crippen molar-refractivity contribution in [2.75, 3.05) is 31.6 Å². The van der Waals surface area contributed by atoms with E-state index in [1.807, 2.05) is 44.2 Å². The smallest absolute Gasteiger partial charge is 0.272 e. The fourth-order valence-electron chi connectivity index (χ4n) is 2.58. The summed E-state index contributed by atoms with van der Waals surface area (Å²) in [6.45, 7) is 6.40. The van der Waals surface area contributed by atoms with Gasteiger partial charge in [-0.15, -0.1) is 0 Å². The number of hydrogen-bond acceptors (Lipinski definition) is 5. The summed E-state index contributed by atoms with van der Waals surface area (Å²) in [5.74, 6) is 0.787. The van der Waals surface area contributed by atoms with Crippen molar-refractivity contribution in [3.63, 3.8) is 0 Å². The summed E-state index contributed by atoms with van der Waals surface area (Å²) < 4.78 is 10.9. The molecule has 0 atom stereocenters. The van der Waals surface area contributed by atoms with Crippen molar-refractivity contribution in [1.82, 2.24) is 9.88 Å². The van der Waals surface area contributed by atoms with Crippen LogP contribution in [0.5, 0.6) is 5.75 Å². The predicted octanol–water partition coefficient (Wildman–Crippen LogP) is 3.08. The van der Waals surface area contributed by atoms with Crippen molar-refractivity contribution in [3.8, 4) is 5.75 Å². The zero-order valence-corrected chi connectivity index (χ0v) is 14.6. The van der Waals surface area contributed by atoms with Crippen molar-refractivity contribution in [1.29, 1.82) is 0 Å². The van der Waals surface area contributed by atoms with E-state index in [0.29, 0.717) is 32.0 Å². The lowest BCUT2D eigenvalue weighted by Gasteiger charge is -2.26. The Morgan fingerprint density at radius 3 is 2.40 bits per heavy atom. The molecule has 1 N–H and O–H groups in total. The van der Waals surface area contributed by atoms with Gasteiger partial charge in [-0.2, -0.15) is 0 Å². The molecule has 1 aliphatic heterocycles. The molecular weight excluding hydrogens is 318 g/mol. The highest BCUT2D eigenvalue weighted by atomic mass is 16.5. The van der Waals surface area contributed by atoms with E-state index in [1.54, 1.807) is 17.2 Å². The van der Waals surface area contributed by atoms with Crippen LogP contribution in [0.2, 0.25) is 0 Å². The van der Waals surface area contributed by atoms with Crippen molar-refractivity contribution in [2.24, 2.45) is 0 Å². The quantitative estimate of drug-likeness (QED) is 0.905. The molecule has 6 nitrogen and oxygen atoms in total. The zero-order valence-electron chi connectivity index (χ0n) is 14.6. The number of morpholine rings is 1. The normalized spacial score (nSPS) is 14.4. The maximum atomic E-state index is 12.4. The predicted molar refractivity (Wildman–Crippen MR) is 96.4 cm³/mol. The number of hydrogen-bond donors (Lipinski definition) is 1. The number of anilines is 2. The fraction of sp³-hybridized carbons (Fsp3) is 0.368. The van der Waals surface area contributed by atoms with Crippen LogP contribution < -0.4 is 10.1 Å². The van der Waals surface area contributed by atoms with Crippen LogP contribution in [-0.2, 0) is 4.74 Å². The van der Waals surface area contributed by atoms with Gasteiger partial charge < -0.3 is 19.7 Å². The third kappa shape index (κ3) is 4.70. The van der Waals surface area contributed by atoms with E-state index in [0.717, 1.165) is 17.1 Å². The van der Waals surface area contributed by atoms with E-state index in [-0.39, 0.29) is 12.0 Å². The summed E-state index contributed by atoms with van der Waals surface area (Å²) in [5, 5.41) is 3.27. The molecule has 1 amide bonds. The van der Waals surface area contributed by atoms with E-state index in [2.05, 4.69) is 10.3 Å². The Balaban J connectivity index is 1.61. The van der Waals surface area contributed by atoms with E-state index < -0.39 is 0 Å². The van der Waals surface area contributed by atoms with Crippen LogP contribution in [0.15, 0.2) is 42.6 Å². The highest BCUT2D eigenvalue weighted by molar-refractivity contribution is 5.92. The van der Waals surface area contributed by atoms with Crippen LogP contribution >= 0.6 is 0 Å². The summed E-state index contributed by atoms with van der Waals surface area (Å²) in [6.07, 6.45) is 1.83. The topological polar surface area (TPSA) is 63.7 Å². The van der Waals surface area contributed by atoms with Crippen molar-refractivity contribution in [3.05, 3.63) is 48.3 Å². The lowest BCUT2D eigenvalue weighted by Crippen LogP contribution is -2.41. The van der Waals surface area contributed by atoms with E-state index >= 15 is 0 Å². The largest absolute Gasteiger partial charge is 0.491 e. The van der Waals surface area contributed by atoms with E-state index in [1.165, 1.54) is 0 Å². The van der Waals surface area contributed by atoms with Gasteiger partial charge in [-0.1, -0.05) is 0 Å². The third-order valence-electron chi connectivity index (χ3n) is 3.80. The molecule has 1 aromatic heterocycles. The number of nitrogens with one attached hydrogen (secondary N) is 1. The minimum atomic E-state index is -0.0509. The Labute approximate surface area is 147 Å². The standard InChI is InChI=1S/C19H23N3O3/c1-14(2)25-17-6-3-15(4-7-17)21-16-5-8-18(20-13-16)19(23)22-9-11-24-12-10-22/h3-8,13-14,21H,9-12H2,1-2H3. The van der Waals surface area contributed by atoms with Crippen LogP contribution in [0.3, 0.4) is 0 Å². The first-order chi connectivity index (χ1) is 12.1. The monoisotopic (exact) mass is 341 g/mol. The summed E-state index contributed by atoms with van der Waals surface area (Å²) in [6, 6.07) is 11.3. The molecule has 1 aromatic carbocycles. The number of aromatic nitrogens is 1. The summed E-state index contributed by atoms with van der Waals surface area (Å²) in [4.78, 5) is 18.4. The van der Waals surface area contributed by atoms with Gasteiger partial charge in [0.15, 0.2) is 0 Å². The van der Waals surface area contributed by atoms with Gasteiger partial charge in [0, 0.05) is 18.8 Å². The molecule has 1 saturated heterocycles. The van der Waals surface area contributed by atoms with Gasteiger partial charge in [0.25, 0.3) is 5.91 Å². The number of carbonyl (C=O) groups excluding carboxylic acids is 1. The second kappa shape index (κ2) is 7.98. The van der Waals surface area contributed by atoms with Gasteiger partial charge in [0.05, 0.1) is 31.2 Å². The van der Waals surface area contributed by atoms with Gasteiger partial charge in [-0.3, -0.25) is 4.79 Å². The fourth-order valence-corrected chi connectivity index (χ4v) is 2.58. The minimum Gasteiger partial charge on any atom is -0.491 e. The molecule has 0 bridgehead atoms. The SMILES string of the molecule is CC(C)Oc1ccc(Nc2ccc(C(=O)N3CCOCC3)nc2)cc1. The van der Waals surface area contributed by atoms with Crippen molar-refractivity contribution >= 4 is 17.3 Å². The Morgan fingerprint density at radius 2 is 1.80 bits per heavy atom.